The third-order valence-electron chi connectivity index (χ3n) is 4.40. The van der Waals surface area contributed by atoms with E-state index in [1.165, 1.54) is 12.3 Å². The van der Waals surface area contributed by atoms with Crippen molar-refractivity contribution in [3.05, 3.63) is 47.8 Å². The first kappa shape index (κ1) is 22.2. The lowest BCUT2D eigenvalue weighted by Gasteiger charge is -2.27. The number of carbonyl (C=O) groups is 1. The van der Waals surface area contributed by atoms with Gasteiger partial charge in [-0.25, -0.2) is 4.68 Å². The number of amides is 1. The van der Waals surface area contributed by atoms with Gasteiger partial charge in [0, 0.05) is 44.5 Å². The highest BCUT2D eigenvalue weighted by Crippen LogP contribution is 2.27. The molecule has 1 aromatic heterocycles. The van der Waals surface area contributed by atoms with Crippen molar-refractivity contribution in [3.63, 3.8) is 0 Å². The van der Waals surface area contributed by atoms with Crippen LogP contribution in [0.5, 0.6) is 0 Å². The average molecular weight is 418 g/mol. The Morgan fingerprint density at radius 2 is 1.96 bits per heavy atom. The van der Waals surface area contributed by atoms with Gasteiger partial charge in [0.05, 0.1) is 5.69 Å². The number of benzene rings is 1. The monoisotopic (exact) mass is 417 g/mol. The molecule has 154 valence electrons. The van der Waals surface area contributed by atoms with Crippen LogP contribution in [0.25, 0.3) is 5.69 Å². The van der Waals surface area contributed by atoms with Crippen molar-refractivity contribution in [2.45, 2.75) is 12.6 Å². The van der Waals surface area contributed by atoms with Crippen LogP contribution in [0, 0.1) is 0 Å². The van der Waals surface area contributed by atoms with Gasteiger partial charge in [0.25, 0.3) is 5.91 Å². The van der Waals surface area contributed by atoms with Crippen LogP contribution in [0.15, 0.2) is 36.5 Å². The molecule has 1 aromatic carbocycles. The largest absolute Gasteiger partial charge is 0.435 e. The molecule has 1 aliphatic heterocycles. The van der Waals surface area contributed by atoms with E-state index in [9.17, 15) is 18.0 Å². The zero-order valence-electron chi connectivity index (χ0n) is 15.2. The van der Waals surface area contributed by atoms with Crippen molar-refractivity contribution in [2.75, 3.05) is 39.3 Å². The standard InChI is InChI=1S/C18H22F3N5O.ClH/c19-18(20,21)16-5-10-26(24-16)15-4-1-3-14(13-15)17(27)23-6-2-9-25-11-7-22-8-12-25;/h1,3-5,10,13,22H,2,6-9,11-12H2,(H,23,27);1H. The minimum absolute atomic E-state index is 0. The maximum absolute atomic E-state index is 12.7. The molecule has 0 atom stereocenters. The highest BCUT2D eigenvalue weighted by atomic mass is 35.5. The van der Waals surface area contributed by atoms with Crippen LogP contribution in [0.2, 0.25) is 0 Å². The third-order valence-corrected chi connectivity index (χ3v) is 4.40. The summed E-state index contributed by atoms with van der Waals surface area (Å²) in [5.41, 5.74) is -0.178. The van der Waals surface area contributed by atoms with E-state index in [2.05, 4.69) is 20.6 Å². The van der Waals surface area contributed by atoms with Crippen LogP contribution < -0.4 is 10.6 Å². The topological polar surface area (TPSA) is 62.2 Å². The number of alkyl halides is 3. The Balaban J connectivity index is 0.00000280. The minimum atomic E-state index is -4.50. The van der Waals surface area contributed by atoms with Crippen LogP contribution in [-0.2, 0) is 6.18 Å². The lowest BCUT2D eigenvalue weighted by atomic mass is 10.2. The molecule has 2 aromatic rings. The molecule has 3 rings (SSSR count). The first-order valence-electron chi connectivity index (χ1n) is 8.88. The summed E-state index contributed by atoms with van der Waals surface area (Å²) in [6, 6.07) is 7.29. The van der Waals surface area contributed by atoms with Crippen LogP contribution in [0.1, 0.15) is 22.5 Å². The Bertz CT molecular complexity index is 775. The zero-order chi connectivity index (χ0) is 19.3. The Morgan fingerprint density at radius 1 is 1.21 bits per heavy atom. The van der Waals surface area contributed by atoms with Crippen molar-refractivity contribution in [2.24, 2.45) is 0 Å². The fourth-order valence-corrected chi connectivity index (χ4v) is 2.95. The Hall–Kier alpha value is -2.10. The summed E-state index contributed by atoms with van der Waals surface area (Å²) in [4.78, 5) is 14.6. The number of nitrogens with zero attached hydrogens (tertiary/aromatic N) is 3. The van der Waals surface area contributed by atoms with Crippen molar-refractivity contribution >= 4 is 18.3 Å². The van der Waals surface area contributed by atoms with Gasteiger partial charge < -0.3 is 15.5 Å². The second-order valence-electron chi connectivity index (χ2n) is 6.39. The summed E-state index contributed by atoms with van der Waals surface area (Å²) in [7, 11) is 0. The van der Waals surface area contributed by atoms with E-state index in [1.807, 2.05) is 0 Å². The molecule has 0 unspecified atom stereocenters. The number of piperazine rings is 1. The summed E-state index contributed by atoms with van der Waals surface area (Å²) in [5.74, 6) is -0.250. The molecule has 2 heterocycles. The second-order valence-corrected chi connectivity index (χ2v) is 6.39. The summed E-state index contributed by atoms with van der Waals surface area (Å²) in [6.07, 6.45) is -2.42. The third kappa shape index (κ3) is 5.95. The van der Waals surface area contributed by atoms with Gasteiger partial charge in [0.15, 0.2) is 5.69 Å². The van der Waals surface area contributed by atoms with E-state index in [0.717, 1.165) is 49.9 Å². The molecule has 0 aliphatic carbocycles. The fourth-order valence-electron chi connectivity index (χ4n) is 2.95. The molecule has 1 saturated heterocycles. The number of hydrogen-bond acceptors (Lipinski definition) is 4. The first-order chi connectivity index (χ1) is 12.9. The van der Waals surface area contributed by atoms with E-state index in [1.54, 1.807) is 18.2 Å². The molecule has 1 fully saturated rings. The molecule has 6 nitrogen and oxygen atoms in total. The van der Waals surface area contributed by atoms with Crippen LogP contribution in [-0.4, -0.2) is 59.9 Å². The van der Waals surface area contributed by atoms with Gasteiger partial charge >= 0.3 is 6.18 Å². The van der Waals surface area contributed by atoms with Gasteiger partial charge in [0.2, 0.25) is 0 Å². The maximum atomic E-state index is 12.7. The van der Waals surface area contributed by atoms with Gasteiger partial charge in [-0.2, -0.15) is 18.3 Å². The fraction of sp³-hybridized carbons (Fsp3) is 0.444. The minimum Gasteiger partial charge on any atom is -0.352 e. The van der Waals surface area contributed by atoms with Gasteiger partial charge in [-0.1, -0.05) is 6.07 Å². The summed E-state index contributed by atoms with van der Waals surface area (Å²) >= 11 is 0. The van der Waals surface area contributed by atoms with E-state index >= 15 is 0 Å². The predicted octanol–water partition coefficient (Wildman–Crippen LogP) is 2.34. The molecular formula is C18H23ClF3N5O. The number of rotatable bonds is 6. The second kappa shape index (κ2) is 9.90. The molecule has 2 N–H and O–H groups in total. The smallest absolute Gasteiger partial charge is 0.352 e. The van der Waals surface area contributed by atoms with E-state index in [4.69, 9.17) is 0 Å². The Kier molecular flexibility index (Phi) is 7.85. The SMILES string of the molecule is Cl.O=C(NCCCN1CCNCC1)c1cccc(-n2ccc(C(F)(F)F)n2)c1. The predicted molar refractivity (Wildman–Crippen MR) is 102 cm³/mol. The summed E-state index contributed by atoms with van der Waals surface area (Å²) < 4.78 is 39.2. The van der Waals surface area contributed by atoms with Gasteiger partial charge in [-0.15, -0.1) is 12.4 Å². The van der Waals surface area contributed by atoms with Crippen molar-refractivity contribution in [1.29, 1.82) is 0 Å². The molecule has 1 amide bonds. The highest BCUT2D eigenvalue weighted by molar-refractivity contribution is 5.94. The van der Waals surface area contributed by atoms with E-state index in [-0.39, 0.29) is 18.3 Å². The number of nitrogens with one attached hydrogen (secondary N) is 2. The summed E-state index contributed by atoms with van der Waals surface area (Å²) in [5, 5.41) is 9.68. The first-order valence-corrected chi connectivity index (χ1v) is 8.88. The zero-order valence-corrected chi connectivity index (χ0v) is 16.0. The van der Waals surface area contributed by atoms with Crippen LogP contribution >= 0.6 is 12.4 Å². The van der Waals surface area contributed by atoms with Crippen molar-refractivity contribution in [3.8, 4) is 5.69 Å². The molecule has 0 bridgehead atoms. The molecular weight excluding hydrogens is 395 g/mol. The normalized spacial score (nSPS) is 15.1. The number of carbonyl (C=O) groups excluding carboxylic acids is 1. The van der Waals surface area contributed by atoms with Gasteiger partial charge in [-0.3, -0.25) is 4.79 Å². The van der Waals surface area contributed by atoms with E-state index < -0.39 is 11.9 Å². The number of hydrogen-bond donors (Lipinski definition) is 2. The van der Waals surface area contributed by atoms with E-state index in [0.29, 0.717) is 17.8 Å². The molecule has 28 heavy (non-hydrogen) atoms. The Labute approximate surface area is 167 Å². The van der Waals surface area contributed by atoms with Crippen LogP contribution in [0.3, 0.4) is 0 Å². The van der Waals surface area contributed by atoms with Crippen molar-refractivity contribution in [1.82, 2.24) is 25.3 Å². The van der Waals surface area contributed by atoms with Gasteiger partial charge in [0.1, 0.15) is 0 Å². The molecule has 0 spiro atoms. The Morgan fingerprint density at radius 3 is 2.64 bits per heavy atom. The maximum Gasteiger partial charge on any atom is 0.435 e. The molecule has 1 aliphatic rings. The summed E-state index contributed by atoms with van der Waals surface area (Å²) in [6.45, 7) is 5.48. The average Bonchev–Trinajstić information content (AvgIpc) is 3.17. The number of halogens is 4. The molecule has 0 radical (unpaired) electrons. The van der Waals surface area contributed by atoms with Gasteiger partial charge in [-0.05, 0) is 37.2 Å². The highest BCUT2D eigenvalue weighted by Gasteiger charge is 2.33. The molecule has 10 heteroatoms. The van der Waals surface area contributed by atoms with Crippen molar-refractivity contribution < 1.29 is 18.0 Å². The molecule has 0 saturated carbocycles. The number of aromatic nitrogens is 2. The van der Waals surface area contributed by atoms with Crippen LogP contribution in [0.4, 0.5) is 13.2 Å². The quantitative estimate of drug-likeness (QED) is 0.708. The lowest BCUT2D eigenvalue weighted by molar-refractivity contribution is -0.141. The lowest BCUT2D eigenvalue weighted by Crippen LogP contribution is -2.44.